The number of halogens is 2. The highest BCUT2D eigenvalue weighted by Gasteiger charge is 2.18. The number of carbonyl (C=O) groups is 1. The average Bonchev–Trinajstić information content (AvgIpc) is 3.13. The molecule has 0 aliphatic rings. The average molecular weight is 411 g/mol. The second-order valence-corrected chi connectivity index (χ2v) is 8.18. The summed E-state index contributed by atoms with van der Waals surface area (Å²) < 4.78 is 14.1. The number of para-hydroxylation sites is 1. The van der Waals surface area contributed by atoms with Gasteiger partial charge in [0.2, 0.25) is 0 Å². The fourth-order valence-electron chi connectivity index (χ4n) is 3.12. The highest BCUT2D eigenvalue weighted by molar-refractivity contribution is 7.19. The predicted octanol–water partition coefficient (Wildman–Crippen LogP) is 6.03. The number of aromatic nitrogens is 1. The summed E-state index contributed by atoms with van der Waals surface area (Å²) in [6.45, 7) is 0.313. The van der Waals surface area contributed by atoms with Gasteiger partial charge >= 0.3 is 0 Å². The van der Waals surface area contributed by atoms with Gasteiger partial charge in [0.25, 0.3) is 5.91 Å². The first-order chi connectivity index (χ1) is 13.5. The molecule has 4 aromatic rings. The first-order valence-electron chi connectivity index (χ1n) is 8.66. The van der Waals surface area contributed by atoms with Crippen molar-refractivity contribution < 1.29 is 9.18 Å². The number of nitrogens with zero attached hydrogens (tertiary/aromatic N) is 2. The van der Waals surface area contributed by atoms with Crippen molar-refractivity contribution in [2.75, 3.05) is 7.05 Å². The molecule has 2 aromatic carbocycles. The van der Waals surface area contributed by atoms with Gasteiger partial charge in [-0.3, -0.25) is 4.79 Å². The number of hydrogen-bond acceptors (Lipinski definition) is 3. The van der Waals surface area contributed by atoms with E-state index in [9.17, 15) is 9.18 Å². The van der Waals surface area contributed by atoms with Crippen LogP contribution in [0.25, 0.3) is 21.5 Å². The summed E-state index contributed by atoms with van der Waals surface area (Å²) in [5.74, 6) is -0.462. The van der Waals surface area contributed by atoms with Crippen LogP contribution in [-0.4, -0.2) is 22.8 Å². The van der Waals surface area contributed by atoms with Crippen molar-refractivity contribution in [1.29, 1.82) is 0 Å². The first kappa shape index (κ1) is 18.6. The zero-order valence-electron chi connectivity index (χ0n) is 15.0. The minimum atomic E-state index is -0.315. The van der Waals surface area contributed by atoms with Gasteiger partial charge in [0.15, 0.2) is 0 Å². The Morgan fingerprint density at radius 2 is 1.93 bits per heavy atom. The lowest BCUT2D eigenvalue weighted by Crippen LogP contribution is -2.26. The third-order valence-corrected chi connectivity index (χ3v) is 5.68. The molecule has 3 nitrogen and oxygen atoms in total. The van der Waals surface area contributed by atoms with Crippen molar-refractivity contribution in [3.63, 3.8) is 0 Å². The maximum atomic E-state index is 13.5. The Bertz CT molecular complexity index is 1170. The minimum Gasteiger partial charge on any atom is -0.337 e. The molecule has 0 aliphatic heterocycles. The highest BCUT2D eigenvalue weighted by atomic mass is 35.5. The lowest BCUT2D eigenvalue weighted by Gasteiger charge is -2.19. The highest BCUT2D eigenvalue weighted by Crippen LogP contribution is 2.32. The van der Waals surface area contributed by atoms with E-state index in [1.807, 2.05) is 36.4 Å². The molecule has 0 saturated carbocycles. The van der Waals surface area contributed by atoms with E-state index in [-0.39, 0.29) is 11.7 Å². The molecule has 0 radical (unpaired) electrons. The number of rotatable bonds is 4. The molecule has 0 saturated heterocycles. The van der Waals surface area contributed by atoms with Crippen LogP contribution in [0.15, 0.2) is 66.7 Å². The summed E-state index contributed by atoms with van der Waals surface area (Å²) in [5, 5.41) is 0.782. The van der Waals surface area contributed by atoms with E-state index < -0.39 is 0 Å². The quantitative estimate of drug-likeness (QED) is 0.411. The standard InChI is InChI=1S/C22H16ClFN2OS/c1-26(13-14-5-4-6-15(24)11-14)22(27)17-12-19(20-9-10-21(23)28-20)25-18-8-3-2-7-16(17)18/h2-12H,13H2,1H3. The number of fused-ring (bicyclic) bond motifs is 1. The minimum absolute atomic E-state index is 0.147. The SMILES string of the molecule is CN(Cc1cccc(F)c1)C(=O)c1cc(-c2ccc(Cl)s2)nc2ccccc12. The van der Waals surface area contributed by atoms with Crippen LogP contribution in [0, 0.1) is 5.82 Å². The summed E-state index contributed by atoms with van der Waals surface area (Å²) in [7, 11) is 1.71. The molecular formula is C22H16ClFN2OS. The van der Waals surface area contributed by atoms with E-state index in [0.717, 1.165) is 21.3 Å². The van der Waals surface area contributed by atoms with Crippen molar-refractivity contribution in [2.45, 2.75) is 6.54 Å². The van der Waals surface area contributed by atoms with Gasteiger partial charge in [0.1, 0.15) is 5.82 Å². The molecular weight excluding hydrogens is 395 g/mol. The normalized spacial score (nSPS) is 11.0. The lowest BCUT2D eigenvalue weighted by atomic mass is 10.1. The van der Waals surface area contributed by atoms with Crippen molar-refractivity contribution in [2.24, 2.45) is 0 Å². The molecule has 0 fully saturated rings. The molecule has 0 N–H and O–H groups in total. The van der Waals surface area contributed by atoms with Crippen LogP contribution in [0.5, 0.6) is 0 Å². The molecule has 2 aromatic heterocycles. The fraction of sp³-hybridized carbons (Fsp3) is 0.0909. The van der Waals surface area contributed by atoms with E-state index in [2.05, 4.69) is 4.98 Å². The molecule has 28 heavy (non-hydrogen) atoms. The predicted molar refractivity (Wildman–Crippen MR) is 112 cm³/mol. The second kappa shape index (κ2) is 7.70. The number of thiophene rings is 1. The third-order valence-electron chi connectivity index (χ3n) is 4.43. The molecule has 1 amide bonds. The van der Waals surface area contributed by atoms with Gasteiger partial charge in [-0.15, -0.1) is 11.3 Å². The number of amides is 1. The van der Waals surface area contributed by atoms with Crippen LogP contribution in [0.4, 0.5) is 4.39 Å². The zero-order chi connectivity index (χ0) is 19.7. The van der Waals surface area contributed by atoms with E-state index >= 15 is 0 Å². The van der Waals surface area contributed by atoms with E-state index in [1.54, 1.807) is 30.1 Å². The van der Waals surface area contributed by atoms with Crippen LogP contribution in [0.2, 0.25) is 4.34 Å². The van der Waals surface area contributed by atoms with E-state index in [0.29, 0.717) is 22.1 Å². The Kier molecular flexibility index (Phi) is 5.11. The van der Waals surface area contributed by atoms with Gasteiger partial charge < -0.3 is 4.90 Å². The van der Waals surface area contributed by atoms with Gasteiger partial charge in [-0.2, -0.15) is 0 Å². The molecule has 6 heteroatoms. The summed E-state index contributed by atoms with van der Waals surface area (Å²) in [6, 6.07) is 19.3. The Hall–Kier alpha value is -2.76. The van der Waals surface area contributed by atoms with Crippen molar-refractivity contribution in [3.8, 4) is 10.6 Å². The Balaban J connectivity index is 1.74. The Labute approximate surface area is 171 Å². The summed E-state index contributed by atoms with van der Waals surface area (Å²) in [6.07, 6.45) is 0. The van der Waals surface area contributed by atoms with Gasteiger partial charge in [0, 0.05) is 19.0 Å². The van der Waals surface area contributed by atoms with Gasteiger partial charge in [-0.05, 0) is 42.0 Å². The monoisotopic (exact) mass is 410 g/mol. The number of benzene rings is 2. The fourth-order valence-corrected chi connectivity index (χ4v) is 4.12. The van der Waals surface area contributed by atoms with Gasteiger partial charge in [0.05, 0.1) is 26.0 Å². The Morgan fingerprint density at radius 3 is 2.68 bits per heavy atom. The zero-order valence-corrected chi connectivity index (χ0v) is 16.6. The third kappa shape index (κ3) is 3.77. The van der Waals surface area contributed by atoms with Crippen LogP contribution in [0.3, 0.4) is 0 Å². The topological polar surface area (TPSA) is 33.2 Å². The largest absolute Gasteiger partial charge is 0.337 e. The Morgan fingerprint density at radius 1 is 1.11 bits per heavy atom. The van der Waals surface area contributed by atoms with Crippen LogP contribution >= 0.6 is 22.9 Å². The number of carbonyl (C=O) groups excluding carboxylic acids is 1. The van der Waals surface area contributed by atoms with Crippen molar-refractivity contribution >= 4 is 39.7 Å². The van der Waals surface area contributed by atoms with Crippen LogP contribution in [-0.2, 0) is 6.54 Å². The molecule has 140 valence electrons. The lowest BCUT2D eigenvalue weighted by molar-refractivity contribution is 0.0787. The van der Waals surface area contributed by atoms with Gasteiger partial charge in [-0.25, -0.2) is 9.37 Å². The molecule has 0 bridgehead atoms. The van der Waals surface area contributed by atoms with Crippen molar-refractivity contribution in [3.05, 3.63) is 88.0 Å². The molecule has 2 heterocycles. The second-order valence-electron chi connectivity index (χ2n) is 6.47. The van der Waals surface area contributed by atoms with E-state index in [4.69, 9.17) is 11.6 Å². The van der Waals surface area contributed by atoms with Crippen LogP contribution < -0.4 is 0 Å². The van der Waals surface area contributed by atoms with E-state index in [1.165, 1.54) is 23.5 Å². The van der Waals surface area contributed by atoms with Crippen LogP contribution in [0.1, 0.15) is 15.9 Å². The molecule has 0 unspecified atom stereocenters. The molecule has 4 rings (SSSR count). The number of hydrogen-bond donors (Lipinski definition) is 0. The van der Waals surface area contributed by atoms with Gasteiger partial charge in [-0.1, -0.05) is 41.9 Å². The maximum absolute atomic E-state index is 13.5. The maximum Gasteiger partial charge on any atom is 0.254 e. The summed E-state index contributed by atoms with van der Waals surface area (Å²) in [4.78, 5) is 20.4. The molecule has 0 aliphatic carbocycles. The molecule has 0 atom stereocenters. The first-order valence-corrected chi connectivity index (χ1v) is 9.86. The molecule has 0 spiro atoms. The summed E-state index contributed by atoms with van der Waals surface area (Å²) >= 11 is 7.49. The smallest absolute Gasteiger partial charge is 0.254 e. The summed E-state index contributed by atoms with van der Waals surface area (Å²) in [5.41, 5.74) is 2.74. The van der Waals surface area contributed by atoms with Crippen molar-refractivity contribution in [1.82, 2.24) is 9.88 Å². The number of pyridine rings is 1.